The van der Waals surface area contributed by atoms with Gasteiger partial charge in [0.15, 0.2) is 0 Å². The Morgan fingerprint density at radius 1 is 1.11 bits per heavy atom. The van der Waals surface area contributed by atoms with Gasteiger partial charge in [0.2, 0.25) is 0 Å². The largest absolute Gasteiger partial charge is 0.497 e. The highest BCUT2D eigenvalue weighted by molar-refractivity contribution is 5.87. The van der Waals surface area contributed by atoms with Crippen LogP contribution in [0.15, 0.2) is 24.3 Å². The minimum atomic E-state index is -0.923. The van der Waals surface area contributed by atoms with E-state index in [0.717, 1.165) is 0 Å². The molecule has 0 spiro atoms. The van der Waals surface area contributed by atoms with Crippen molar-refractivity contribution in [1.82, 2.24) is 4.90 Å². The minimum absolute atomic E-state index is 0.269. The molecule has 102 valence electrons. The number of carbonyl (C=O) groups is 1. The van der Waals surface area contributed by atoms with E-state index in [1.807, 2.05) is 0 Å². The first-order chi connectivity index (χ1) is 8.58. The molecule has 1 aromatic carbocycles. The van der Waals surface area contributed by atoms with Crippen molar-refractivity contribution in [2.24, 2.45) is 0 Å². The smallest absolute Gasteiger partial charge is 0.335 e. The average Bonchev–Trinajstić information content (AvgIpc) is 2.41. The van der Waals surface area contributed by atoms with Crippen LogP contribution in [-0.4, -0.2) is 42.7 Å². The van der Waals surface area contributed by atoms with Crippen LogP contribution in [-0.2, 0) is 0 Å². The van der Waals surface area contributed by atoms with E-state index in [1.165, 1.54) is 38.9 Å². The molecule has 0 aliphatic carbocycles. The number of carboxylic acid groups (broad SMARTS) is 1. The van der Waals surface area contributed by atoms with E-state index in [4.69, 9.17) is 9.84 Å². The number of methoxy groups -OCH3 is 1. The molecule has 1 aromatic rings. The predicted octanol–water partition coefficient (Wildman–Crippen LogP) is 2.74. The Balaban J connectivity index is 0.000000360. The van der Waals surface area contributed by atoms with Crippen LogP contribution in [0.4, 0.5) is 0 Å². The van der Waals surface area contributed by atoms with Crippen molar-refractivity contribution >= 4 is 5.97 Å². The molecule has 0 heterocycles. The van der Waals surface area contributed by atoms with Gasteiger partial charge in [0.05, 0.1) is 12.7 Å². The molecule has 0 aliphatic heterocycles. The molecule has 1 rings (SSSR count). The molecule has 4 nitrogen and oxygen atoms in total. The van der Waals surface area contributed by atoms with Gasteiger partial charge in [-0.1, -0.05) is 20.8 Å². The summed E-state index contributed by atoms with van der Waals surface area (Å²) in [5.74, 6) is -0.261. The molecular weight excluding hydrogens is 230 g/mol. The lowest BCUT2D eigenvalue weighted by molar-refractivity contribution is 0.0697. The lowest BCUT2D eigenvalue weighted by atomic mass is 10.2. The lowest BCUT2D eigenvalue weighted by Gasteiger charge is -2.13. The quantitative estimate of drug-likeness (QED) is 0.876. The number of hydrogen-bond acceptors (Lipinski definition) is 3. The highest BCUT2D eigenvalue weighted by Gasteiger charge is 2.00. The topological polar surface area (TPSA) is 49.8 Å². The van der Waals surface area contributed by atoms with Gasteiger partial charge in [-0.3, -0.25) is 0 Å². The number of ether oxygens (including phenoxy) is 1. The summed E-state index contributed by atoms with van der Waals surface area (Å²) in [6.07, 6.45) is 0. The summed E-state index contributed by atoms with van der Waals surface area (Å²) in [5, 5.41) is 8.51. The van der Waals surface area contributed by atoms with E-state index < -0.39 is 5.97 Å². The van der Waals surface area contributed by atoms with Gasteiger partial charge in [0.1, 0.15) is 5.75 Å². The highest BCUT2D eigenvalue weighted by atomic mass is 16.5. The summed E-state index contributed by atoms with van der Waals surface area (Å²) in [5.41, 5.74) is 0.269. The van der Waals surface area contributed by atoms with Gasteiger partial charge in [-0.2, -0.15) is 0 Å². The number of aromatic carboxylic acids is 1. The van der Waals surface area contributed by atoms with Gasteiger partial charge >= 0.3 is 5.97 Å². The van der Waals surface area contributed by atoms with E-state index in [-0.39, 0.29) is 5.56 Å². The van der Waals surface area contributed by atoms with Crippen molar-refractivity contribution in [3.63, 3.8) is 0 Å². The lowest BCUT2D eigenvalue weighted by Crippen LogP contribution is -2.21. The summed E-state index contributed by atoms with van der Waals surface area (Å²) in [4.78, 5) is 12.7. The monoisotopic (exact) mass is 253 g/mol. The van der Waals surface area contributed by atoms with Crippen LogP contribution in [0.25, 0.3) is 0 Å². The number of benzene rings is 1. The van der Waals surface area contributed by atoms with Gasteiger partial charge in [-0.25, -0.2) is 4.79 Å². The second kappa shape index (κ2) is 9.48. The average molecular weight is 253 g/mol. The normalized spacial score (nSPS) is 9.61. The van der Waals surface area contributed by atoms with E-state index >= 15 is 0 Å². The number of carboxylic acids is 1. The van der Waals surface area contributed by atoms with Gasteiger partial charge in [0.25, 0.3) is 0 Å². The third kappa shape index (κ3) is 6.25. The zero-order valence-electron chi connectivity index (χ0n) is 11.6. The Morgan fingerprint density at radius 2 is 1.56 bits per heavy atom. The molecule has 0 saturated heterocycles. The zero-order chi connectivity index (χ0) is 14.0. The van der Waals surface area contributed by atoms with Gasteiger partial charge in [-0.05, 0) is 43.9 Å². The molecule has 0 radical (unpaired) electrons. The summed E-state index contributed by atoms with van der Waals surface area (Å²) < 4.78 is 4.86. The third-order valence-corrected chi connectivity index (χ3v) is 2.68. The van der Waals surface area contributed by atoms with E-state index in [9.17, 15) is 4.79 Å². The number of rotatable bonds is 5. The second-order valence-corrected chi connectivity index (χ2v) is 3.65. The van der Waals surface area contributed by atoms with Crippen LogP contribution >= 0.6 is 0 Å². The van der Waals surface area contributed by atoms with Crippen molar-refractivity contribution in [3.8, 4) is 5.75 Å². The maximum Gasteiger partial charge on any atom is 0.335 e. The van der Waals surface area contributed by atoms with Crippen LogP contribution in [0.2, 0.25) is 0 Å². The number of nitrogens with zero attached hydrogens (tertiary/aromatic N) is 1. The minimum Gasteiger partial charge on any atom is -0.497 e. The van der Waals surface area contributed by atoms with Crippen molar-refractivity contribution in [3.05, 3.63) is 29.8 Å². The molecule has 0 aromatic heterocycles. The Hall–Kier alpha value is -1.55. The molecule has 0 unspecified atom stereocenters. The van der Waals surface area contributed by atoms with Crippen LogP contribution < -0.4 is 4.74 Å². The first-order valence-electron chi connectivity index (χ1n) is 6.18. The zero-order valence-corrected chi connectivity index (χ0v) is 11.6. The maximum atomic E-state index is 10.4. The van der Waals surface area contributed by atoms with Crippen LogP contribution in [0.3, 0.4) is 0 Å². The molecule has 4 heteroatoms. The Kier molecular flexibility index (Phi) is 8.66. The Labute approximate surface area is 109 Å². The van der Waals surface area contributed by atoms with Crippen molar-refractivity contribution in [2.75, 3.05) is 26.7 Å². The molecule has 1 N–H and O–H groups in total. The SMILES string of the molecule is CCN(CC)CC.COc1ccc(C(=O)O)cc1. The highest BCUT2D eigenvalue weighted by Crippen LogP contribution is 2.10. The molecular formula is C14H23NO3. The third-order valence-electron chi connectivity index (χ3n) is 2.68. The van der Waals surface area contributed by atoms with Crippen LogP contribution in [0.1, 0.15) is 31.1 Å². The molecule has 0 fully saturated rings. The summed E-state index contributed by atoms with van der Waals surface area (Å²) in [6, 6.07) is 6.23. The predicted molar refractivity (Wildman–Crippen MR) is 73.4 cm³/mol. The van der Waals surface area contributed by atoms with E-state index in [1.54, 1.807) is 12.1 Å². The van der Waals surface area contributed by atoms with E-state index in [0.29, 0.717) is 5.75 Å². The molecule has 0 saturated carbocycles. The van der Waals surface area contributed by atoms with E-state index in [2.05, 4.69) is 25.7 Å². The van der Waals surface area contributed by atoms with Gasteiger partial charge < -0.3 is 14.7 Å². The molecule has 0 amide bonds. The molecule has 0 bridgehead atoms. The molecule has 0 aliphatic rings. The summed E-state index contributed by atoms with van der Waals surface area (Å²) in [6.45, 7) is 10.1. The Bertz CT molecular complexity index is 326. The first-order valence-corrected chi connectivity index (χ1v) is 6.18. The fourth-order valence-electron chi connectivity index (χ4n) is 1.40. The fourth-order valence-corrected chi connectivity index (χ4v) is 1.40. The second-order valence-electron chi connectivity index (χ2n) is 3.65. The molecule has 0 atom stereocenters. The summed E-state index contributed by atoms with van der Waals surface area (Å²) >= 11 is 0. The summed E-state index contributed by atoms with van der Waals surface area (Å²) in [7, 11) is 1.54. The van der Waals surface area contributed by atoms with Crippen molar-refractivity contribution < 1.29 is 14.6 Å². The van der Waals surface area contributed by atoms with Crippen molar-refractivity contribution in [1.29, 1.82) is 0 Å². The Morgan fingerprint density at radius 3 is 1.78 bits per heavy atom. The van der Waals surface area contributed by atoms with Crippen molar-refractivity contribution in [2.45, 2.75) is 20.8 Å². The number of hydrogen-bond donors (Lipinski definition) is 1. The standard InChI is InChI=1S/C8H8O3.C6H15N/c1-11-7-4-2-6(3-5-7)8(9)10;1-4-7(5-2)6-3/h2-5H,1H3,(H,9,10);4-6H2,1-3H3. The van der Waals surface area contributed by atoms with Crippen LogP contribution in [0, 0.1) is 0 Å². The first kappa shape index (κ1) is 16.4. The fraction of sp³-hybridized carbons (Fsp3) is 0.500. The van der Waals surface area contributed by atoms with Gasteiger partial charge in [0, 0.05) is 0 Å². The van der Waals surface area contributed by atoms with Gasteiger partial charge in [-0.15, -0.1) is 0 Å². The van der Waals surface area contributed by atoms with Crippen LogP contribution in [0.5, 0.6) is 5.75 Å². The maximum absolute atomic E-state index is 10.4. The molecule has 18 heavy (non-hydrogen) atoms.